The van der Waals surface area contributed by atoms with Crippen molar-refractivity contribution in [1.29, 1.82) is 0 Å². The Labute approximate surface area is 101 Å². The summed E-state index contributed by atoms with van der Waals surface area (Å²) in [5.74, 6) is -1.64. The van der Waals surface area contributed by atoms with Crippen LogP contribution in [-0.4, -0.2) is 35.0 Å². The van der Waals surface area contributed by atoms with E-state index in [0.29, 0.717) is 0 Å². The number of hydrogen-bond acceptors (Lipinski definition) is 4. The fourth-order valence-electron chi connectivity index (χ4n) is 0.873. The summed E-state index contributed by atoms with van der Waals surface area (Å²) in [5, 5.41) is 8.31. The minimum atomic E-state index is -4.80. The Bertz CT molecular complexity index is 312. The number of hydrogen-bond donors (Lipinski definition) is 3. The number of carboxylic acid groups (broad SMARTS) is 1. The lowest BCUT2D eigenvalue weighted by Gasteiger charge is -2.23. The highest BCUT2D eigenvalue weighted by Gasteiger charge is 2.41. The molecule has 0 aromatic rings. The molecule has 0 aliphatic rings. The maximum absolute atomic E-state index is 12.4. The van der Waals surface area contributed by atoms with Crippen molar-refractivity contribution in [3.8, 4) is 0 Å². The van der Waals surface area contributed by atoms with Gasteiger partial charge in [0.05, 0.1) is 6.42 Å². The third kappa shape index (κ3) is 7.71. The van der Waals surface area contributed by atoms with Gasteiger partial charge >= 0.3 is 18.2 Å². The van der Waals surface area contributed by atoms with E-state index in [4.69, 9.17) is 5.11 Å². The molecule has 1 amide bonds. The predicted molar refractivity (Wildman–Crippen MR) is 54.6 cm³/mol. The molecule has 0 bridgehead atoms. The summed E-state index contributed by atoms with van der Waals surface area (Å²) in [5.41, 5.74) is 2.37. The molecule has 6 nitrogen and oxygen atoms in total. The van der Waals surface area contributed by atoms with Crippen LogP contribution in [0.4, 0.5) is 18.0 Å². The molecule has 0 radical (unpaired) electrons. The highest BCUT2D eigenvalue weighted by molar-refractivity contribution is 5.68. The highest BCUT2D eigenvalue weighted by atomic mass is 19.4. The van der Waals surface area contributed by atoms with Crippen LogP contribution in [0, 0.1) is 0 Å². The summed E-state index contributed by atoms with van der Waals surface area (Å²) in [6.45, 7) is 4.60. The van der Waals surface area contributed by atoms with Crippen LogP contribution in [0.25, 0.3) is 0 Å². The fraction of sp³-hybridized carbons (Fsp3) is 0.778. The Balaban J connectivity index is 4.36. The number of nitrogens with one attached hydrogen (secondary N) is 2. The van der Waals surface area contributed by atoms with Crippen LogP contribution in [0.15, 0.2) is 0 Å². The third-order valence-electron chi connectivity index (χ3n) is 1.52. The SMILES string of the molecule is CC(C)(C)OC(=O)NNC(CC(=O)O)C(F)(F)F. The molecule has 3 N–H and O–H groups in total. The number of rotatable bonds is 4. The van der Waals surface area contributed by atoms with Gasteiger partial charge in [-0.1, -0.05) is 0 Å². The second-order valence-electron chi connectivity index (χ2n) is 4.46. The van der Waals surface area contributed by atoms with Gasteiger partial charge in [0.15, 0.2) is 0 Å². The number of carbonyl (C=O) groups is 2. The lowest BCUT2D eigenvalue weighted by Crippen LogP contribution is -2.53. The van der Waals surface area contributed by atoms with Crippen molar-refractivity contribution in [3.63, 3.8) is 0 Å². The van der Waals surface area contributed by atoms with E-state index in [0.717, 1.165) is 0 Å². The Morgan fingerprint density at radius 2 is 1.78 bits per heavy atom. The maximum Gasteiger partial charge on any atom is 0.422 e. The third-order valence-corrected chi connectivity index (χ3v) is 1.52. The molecule has 1 atom stereocenters. The normalized spacial score (nSPS) is 13.9. The minimum absolute atomic E-state index is 0.869. The average Bonchev–Trinajstić information content (AvgIpc) is 2.06. The number of carbonyl (C=O) groups excluding carboxylic acids is 1. The largest absolute Gasteiger partial charge is 0.481 e. The summed E-state index contributed by atoms with van der Waals surface area (Å²) in [4.78, 5) is 21.3. The van der Waals surface area contributed by atoms with Crippen molar-refractivity contribution < 1.29 is 32.6 Å². The van der Waals surface area contributed by atoms with Crippen LogP contribution in [0.2, 0.25) is 0 Å². The second kappa shape index (κ2) is 5.89. The van der Waals surface area contributed by atoms with Crippen LogP contribution in [0.1, 0.15) is 27.2 Å². The Morgan fingerprint density at radius 3 is 2.11 bits per heavy atom. The quantitative estimate of drug-likeness (QED) is 0.674. The van der Waals surface area contributed by atoms with E-state index in [1.54, 1.807) is 10.9 Å². The molecule has 0 aliphatic carbocycles. The van der Waals surface area contributed by atoms with Gasteiger partial charge in [0.2, 0.25) is 0 Å². The monoisotopic (exact) mass is 272 g/mol. The molecule has 0 aromatic carbocycles. The lowest BCUT2D eigenvalue weighted by molar-refractivity contribution is -0.168. The molecule has 106 valence electrons. The first-order valence-electron chi connectivity index (χ1n) is 4.95. The zero-order chi connectivity index (χ0) is 14.6. The molecule has 0 rings (SSSR count). The van der Waals surface area contributed by atoms with Gasteiger partial charge in [-0.2, -0.15) is 13.2 Å². The van der Waals surface area contributed by atoms with Gasteiger partial charge in [0.1, 0.15) is 11.6 Å². The Hall–Kier alpha value is -1.51. The van der Waals surface area contributed by atoms with Gasteiger partial charge in [-0.3, -0.25) is 10.2 Å². The van der Waals surface area contributed by atoms with Crippen LogP contribution < -0.4 is 10.9 Å². The van der Waals surface area contributed by atoms with Crippen LogP contribution in [-0.2, 0) is 9.53 Å². The number of amides is 1. The minimum Gasteiger partial charge on any atom is -0.481 e. The standard InChI is InChI=1S/C9H15F3N2O4/c1-8(2,3)18-7(17)14-13-5(4-6(15)16)9(10,11)12/h5,13H,4H2,1-3H3,(H,14,17)(H,15,16). The van der Waals surface area contributed by atoms with Crippen LogP contribution in [0.5, 0.6) is 0 Å². The number of hydrazine groups is 1. The van der Waals surface area contributed by atoms with Gasteiger partial charge in [-0.25, -0.2) is 10.2 Å². The van der Waals surface area contributed by atoms with Crippen molar-refractivity contribution in [3.05, 3.63) is 0 Å². The summed E-state index contributed by atoms with van der Waals surface area (Å²) in [6, 6.07) is -2.39. The first-order valence-corrected chi connectivity index (χ1v) is 4.95. The number of carboxylic acids is 1. The van der Waals surface area contributed by atoms with Gasteiger partial charge < -0.3 is 9.84 Å². The van der Waals surface area contributed by atoms with Crippen LogP contribution >= 0.6 is 0 Å². The van der Waals surface area contributed by atoms with Crippen molar-refractivity contribution in [1.82, 2.24) is 10.9 Å². The molecule has 0 heterocycles. The Kier molecular flexibility index (Phi) is 5.40. The first-order chi connectivity index (χ1) is 7.92. The molecule has 0 aromatic heterocycles. The average molecular weight is 272 g/mol. The van der Waals surface area contributed by atoms with Gasteiger partial charge in [0.25, 0.3) is 0 Å². The number of halogens is 3. The maximum atomic E-state index is 12.4. The molecular formula is C9H15F3N2O4. The van der Waals surface area contributed by atoms with E-state index in [1.165, 1.54) is 20.8 Å². The highest BCUT2D eigenvalue weighted by Crippen LogP contribution is 2.22. The van der Waals surface area contributed by atoms with Gasteiger partial charge in [-0.05, 0) is 20.8 Å². The lowest BCUT2D eigenvalue weighted by atomic mass is 10.2. The van der Waals surface area contributed by atoms with E-state index >= 15 is 0 Å². The van der Waals surface area contributed by atoms with Crippen molar-refractivity contribution in [2.75, 3.05) is 0 Å². The van der Waals surface area contributed by atoms with Gasteiger partial charge in [-0.15, -0.1) is 0 Å². The molecule has 1 unspecified atom stereocenters. The molecule has 18 heavy (non-hydrogen) atoms. The molecule has 0 saturated heterocycles. The van der Waals surface area contributed by atoms with Crippen molar-refractivity contribution in [2.45, 2.75) is 45.0 Å². The smallest absolute Gasteiger partial charge is 0.422 e. The zero-order valence-corrected chi connectivity index (χ0v) is 10.1. The molecular weight excluding hydrogens is 257 g/mol. The van der Waals surface area contributed by atoms with Crippen molar-refractivity contribution >= 4 is 12.1 Å². The summed E-state index contributed by atoms with van der Waals surface area (Å²) in [7, 11) is 0. The zero-order valence-electron chi connectivity index (χ0n) is 10.1. The molecule has 9 heteroatoms. The summed E-state index contributed by atoms with van der Waals surface area (Å²) < 4.78 is 41.7. The number of aliphatic carboxylic acids is 1. The molecule has 0 fully saturated rings. The Morgan fingerprint density at radius 1 is 1.28 bits per heavy atom. The molecule has 0 spiro atoms. The van der Waals surface area contributed by atoms with Gasteiger partial charge in [0, 0.05) is 0 Å². The van der Waals surface area contributed by atoms with E-state index in [2.05, 4.69) is 4.74 Å². The van der Waals surface area contributed by atoms with Crippen LogP contribution in [0.3, 0.4) is 0 Å². The van der Waals surface area contributed by atoms with E-state index in [9.17, 15) is 22.8 Å². The summed E-state index contributed by atoms with van der Waals surface area (Å²) in [6.07, 6.45) is -7.13. The number of ether oxygens (including phenoxy) is 1. The summed E-state index contributed by atoms with van der Waals surface area (Å²) >= 11 is 0. The molecule has 0 saturated carbocycles. The van der Waals surface area contributed by atoms with E-state index < -0.39 is 36.3 Å². The topological polar surface area (TPSA) is 87.7 Å². The van der Waals surface area contributed by atoms with Crippen molar-refractivity contribution in [2.24, 2.45) is 0 Å². The predicted octanol–water partition coefficient (Wildman–Crippen LogP) is 1.42. The van der Waals surface area contributed by atoms with E-state index in [1.807, 2.05) is 0 Å². The van der Waals surface area contributed by atoms with E-state index in [-0.39, 0.29) is 0 Å². The number of alkyl halides is 3. The first kappa shape index (κ1) is 16.5. The fourth-order valence-corrected chi connectivity index (χ4v) is 0.873. The second-order valence-corrected chi connectivity index (χ2v) is 4.46. The molecule has 0 aliphatic heterocycles.